The van der Waals surface area contributed by atoms with Crippen LogP contribution in [-0.2, 0) is 4.79 Å². The van der Waals surface area contributed by atoms with Crippen LogP contribution in [0.25, 0.3) is 21.0 Å². The molecular weight excluding hydrogens is 540 g/mol. The molecule has 0 bridgehead atoms. The molecule has 1 heterocycles. The number of methoxy groups -OCH3 is 1. The average Bonchev–Trinajstić information content (AvgIpc) is 3.35. The predicted molar refractivity (Wildman–Crippen MR) is 158 cm³/mol. The van der Waals surface area contributed by atoms with Crippen molar-refractivity contribution in [1.29, 1.82) is 0 Å². The molecule has 0 amide bonds. The number of nitrogens with zero attached hydrogens (tertiary/aromatic N) is 1. The number of carbonyl (C=O) groups is 2. The minimum atomic E-state index is -0.908. The van der Waals surface area contributed by atoms with Crippen LogP contribution < -0.4 is 10.1 Å². The third-order valence-corrected chi connectivity index (χ3v) is 8.34. The number of aromatic nitrogens is 1. The fourth-order valence-corrected chi connectivity index (χ4v) is 5.41. The van der Waals surface area contributed by atoms with Crippen LogP contribution in [0.3, 0.4) is 0 Å². The lowest BCUT2D eigenvalue weighted by Gasteiger charge is -2.18. The van der Waals surface area contributed by atoms with Gasteiger partial charge in [-0.2, -0.15) is 0 Å². The standard InChI is InChI=1S/C21H19NO4S2.C8H10ClN/c1-21(2,20(24)25)28-16-10-6-14(7-11-16)19-22-17(12-23)18(27-19)13-4-8-15(26-3)9-5-13;1-6-3-4-7(10-2)5-8(6)9/h4-12H,1-3H3,(H,24,25);3-5,10H,1-2H3. The summed E-state index contributed by atoms with van der Waals surface area (Å²) >= 11 is 8.58. The molecule has 0 aliphatic heterocycles. The minimum Gasteiger partial charge on any atom is -0.497 e. The van der Waals surface area contributed by atoms with Gasteiger partial charge in [0.15, 0.2) is 6.29 Å². The van der Waals surface area contributed by atoms with E-state index in [-0.39, 0.29) is 0 Å². The molecular formula is C29H29ClN2O4S2. The number of aryl methyl sites for hydroxylation is 1. The van der Waals surface area contributed by atoms with E-state index in [1.807, 2.05) is 80.7 Å². The quantitative estimate of drug-likeness (QED) is 0.165. The van der Waals surface area contributed by atoms with Gasteiger partial charge < -0.3 is 15.2 Å². The zero-order valence-electron chi connectivity index (χ0n) is 21.7. The van der Waals surface area contributed by atoms with E-state index >= 15 is 0 Å². The van der Waals surface area contributed by atoms with Crippen LogP contribution in [-0.4, -0.2) is 41.3 Å². The molecule has 1 aromatic heterocycles. The number of carbonyl (C=O) groups excluding carboxylic acids is 1. The van der Waals surface area contributed by atoms with Crippen LogP contribution in [0.5, 0.6) is 5.75 Å². The van der Waals surface area contributed by atoms with Gasteiger partial charge in [0.25, 0.3) is 0 Å². The van der Waals surface area contributed by atoms with Crippen LogP contribution in [0.2, 0.25) is 5.02 Å². The molecule has 0 atom stereocenters. The Balaban J connectivity index is 0.000000336. The SMILES string of the molecule is CNc1ccc(C)c(Cl)c1.COc1ccc(-c2sc(-c3ccc(SC(C)(C)C(=O)O)cc3)nc2C=O)cc1. The topological polar surface area (TPSA) is 88.5 Å². The molecule has 4 aromatic rings. The molecule has 198 valence electrons. The van der Waals surface area contributed by atoms with E-state index in [1.54, 1.807) is 21.0 Å². The Kier molecular flexibility index (Phi) is 9.96. The van der Waals surface area contributed by atoms with E-state index in [0.29, 0.717) is 5.69 Å². The van der Waals surface area contributed by atoms with Crippen molar-refractivity contribution < 1.29 is 19.4 Å². The zero-order chi connectivity index (χ0) is 27.9. The Morgan fingerprint density at radius 1 is 1.08 bits per heavy atom. The summed E-state index contributed by atoms with van der Waals surface area (Å²) < 4.78 is 4.27. The molecule has 0 saturated heterocycles. The maximum atomic E-state index is 11.5. The Labute approximate surface area is 236 Å². The Bertz CT molecular complexity index is 1400. The largest absolute Gasteiger partial charge is 0.497 e. The number of halogens is 1. The van der Waals surface area contributed by atoms with Gasteiger partial charge >= 0.3 is 5.97 Å². The number of rotatable bonds is 8. The summed E-state index contributed by atoms with van der Waals surface area (Å²) in [4.78, 5) is 28.9. The zero-order valence-corrected chi connectivity index (χ0v) is 24.1. The van der Waals surface area contributed by atoms with Gasteiger partial charge in [0.1, 0.15) is 21.2 Å². The molecule has 9 heteroatoms. The van der Waals surface area contributed by atoms with Gasteiger partial charge in [0, 0.05) is 28.2 Å². The highest BCUT2D eigenvalue weighted by molar-refractivity contribution is 8.01. The Morgan fingerprint density at radius 3 is 2.24 bits per heavy atom. The molecule has 0 fully saturated rings. The van der Waals surface area contributed by atoms with Gasteiger partial charge in [-0.1, -0.05) is 29.8 Å². The lowest BCUT2D eigenvalue weighted by atomic mass is 10.1. The van der Waals surface area contributed by atoms with Gasteiger partial charge in [-0.3, -0.25) is 9.59 Å². The van der Waals surface area contributed by atoms with Crippen LogP contribution in [0.4, 0.5) is 5.69 Å². The number of anilines is 1. The summed E-state index contributed by atoms with van der Waals surface area (Å²) in [6, 6.07) is 20.9. The van der Waals surface area contributed by atoms with Gasteiger partial charge in [-0.15, -0.1) is 23.1 Å². The maximum Gasteiger partial charge on any atom is 0.319 e. The minimum absolute atomic E-state index is 0.399. The second-order valence-electron chi connectivity index (χ2n) is 8.74. The number of hydrogen-bond donors (Lipinski definition) is 2. The van der Waals surface area contributed by atoms with Crippen LogP contribution in [0.15, 0.2) is 71.6 Å². The molecule has 0 unspecified atom stereocenters. The highest BCUT2D eigenvalue weighted by Gasteiger charge is 2.28. The molecule has 3 aromatic carbocycles. The fourth-order valence-electron chi connectivity index (χ4n) is 3.24. The van der Waals surface area contributed by atoms with Crippen molar-refractivity contribution in [2.75, 3.05) is 19.5 Å². The number of ether oxygens (including phenoxy) is 1. The summed E-state index contributed by atoms with van der Waals surface area (Å²) in [6.45, 7) is 5.33. The van der Waals surface area contributed by atoms with E-state index in [4.69, 9.17) is 16.3 Å². The first-order chi connectivity index (χ1) is 18.1. The molecule has 0 saturated carbocycles. The summed E-state index contributed by atoms with van der Waals surface area (Å²) in [5, 5.41) is 13.8. The number of nitrogens with one attached hydrogen (secondary N) is 1. The van der Waals surface area contributed by atoms with Crippen LogP contribution >= 0.6 is 34.7 Å². The third-order valence-electron chi connectivity index (χ3n) is 5.57. The number of thioether (sulfide) groups is 1. The number of carboxylic acid groups (broad SMARTS) is 1. The molecule has 4 rings (SSSR count). The van der Waals surface area contributed by atoms with Crippen LogP contribution in [0.1, 0.15) is 29.9 Å². The van der Waals surface area contributed by atoms with E-state index in [2.05, 4.69) is 10.3 Å². The highest BCUT2D eigenvalue weighted by Crippen LogP contribution is 2.37. The number of aliphatic carboxylic acids is 1. The second kappa shape index (κ2) is 13.0. The summed E-state index contributed by atoms with van der Waals surface area (Å²) in [7, 11) is 3.48. The Morgan fingerprint density at radius 2 is 1.71 bits per heavy atom. The molecule has 38 heavy (non-hydrogen) atoms. The van der Waals surface area contributed by atoms with E-state index in [9.17, 15) is 14.7 Å². The first kappa shape index (κ1) is 29.2. The van der Waals surface area contributed by atoms with Crippen molar-refractivity contribution in [2.45, 2.75) is 30.4 Å². The monoisotopic (exact) mass is 568 g/mol. The second-order valence-corrected chi connectivity index (χ2v) is 11.8. The van der Waals surface area contributed by atoms with Crippen molar-refractivity contribution in [1.82, 2.24) is 4.98 Å². The highest BCUT2D eigenvalue weighted by atomic mass is 35.5. The molecule has 2 N–H and O–H groups in total. The van der Waals surface area contributed by atoms with Crippen molar-refractivity contribution in [3.63, 3.8) is 0 Å². The summed E-state index contributed by atoms with van der Waals surface area (Å²) in [5.74, 6) is -0.111. The number of thiazole rings is 1. The smallest absolute Gasteiger partial charge is 0.319 e. The van der Waals surface area contributed by atoms with Gasteiger partial charge in [0.05, 0.1) is 12.0 Å². The first-order valence-electron chi connectivity index (χ1n) is 11.6. The van der Waals surface area contributed by atoms with E-state index in [0.717, 1.165) is 54.2 Å². The van der Waals surface area contributed by atoms with E-state index < -0.39 is 10.7 Å². The number of aldehydes is 1. The summed E-state index contributed by atoms with van der Waals surface area (Å²) in [5.41, 5.74) is 4.35. The van der Waals surface area contributed by atoms with Crippen molar-refractivity contribution >= 4 is 52.6 Å². The van der Waals surface area contributed by atoms with Crippen molar-refractivity contribution in [3.8, 4) is 26.8 Å². The molecule has 0 radical (unpaired) electrons. The van der Waals surface area contributed by atoms with Crippen molar-refractivity contribution in [3.05, 3.63) is 83.0 Å². The van der Waals surface area contributed by atoms with E-state index in [1.165, 1.54) is 23.1 Å². The third kappa shape index (κ3) is 7.37. The molecule has 6 nitrogen and oxygen atoms in total. The first-order valence-corrected chi connectivity index (χ1v) is 13.7. The Hall–Kier alpha value is -3.33. The predicted octanol–water partition coefficient (Wildman–Crippen LogP) is 7.94. The van der Waals surface area contributed by atoms with Gasteiger partial charge in [-0.25, -0.2) is 4.98 Å². The maximum absolute atomic E-state index is 11.5. The average molecular weight is 569 g/mol. The fraction of sp³-hybridized carbons (Fsp3) is 0.207. The molecule has 0 aliphatic rings. The molecule has 0 spiro atoms. The van der Waals surface area contributed by atoms with Crippen LogP contribution in [0, 0.1) is 6.92 Å². The lowest BCUT2D eigenvalue weighted by molar-refractivity contribution is -0.138. The van der Waals surface area contributed by atoms with Gasteiger partial charge in [-0.05, 0) is 80.4 Å². The normalized spacial score (nSPS) is 10.8. The van der Waals surface area contributed by atoms with Gasteiger partial charge in [0.2, 0.25) is 0 Å². The number of benzene rings is 3. The number of carboxylic acids is 1. The number of hydrogen-bond acceptors (Lipinski definition) is 7. The summed E-state index contributed by atoms with van der Waals surface area (Å²) in [6.07, 6.45) is 0.763. The van der Waals surface area contributed by atoms with Crippen molar-refractivity contribution in [2.24, 2.45) is 0 Å². The lowest BCUT2D eigenvalue weighted by Crippen LogP contribution is -2.26. The molecule has 0 aliphatic carbocycles.